The van der Waals surface area contributed by atoms with Crippen LogP contribution in [-0.2, 0) is 4.57 Å². The average molecular weight is 468 g/mol. The largest absolute Gasteiger partial charge is 0.309 e. The lowest BCUT2D eigenvalue weighted by Crippen LogP contribution is -2.25. The second-order valence-electron chi connectivity index (χ2n) is 8.79. The van der Waals surface area contributed by atoms with Gasteiger partial charge in [-0.15, -0.1) is 0 Å². The lowest BCUT2D eigenvalue weighted by Gasteiger charge is -2.21. The normalized spacial score (nSPS) is 12.1. The molecule has 0 fully saturated rings. The van der Waals surface area contributed by atoms with Crippen LogP contribution < -0.4 is 15.9 Å². The Morgan fingerprint density at radius 3 is 1.83 bits per heavy atom. The van der Waals surface area contributed by atoms with Crippen molar-refractivity contribution in [2.45, 2.75) is 0 Å². The van der Waals surface area contributed by atoms with Gasteiger partial charge in [-0.25, -0.2) is 4.98 Å². The monoisotopic (exact) mass is 468 g/mol. The molecule has 7 aromatic rings. The van der Waals surface area contributed by atoms with Gasteiger partial charge in [-0.3, -0.25) is 4.40 Å². The molecular formula is C31H21N2OP. The first-order chi connectivity index (χ1) is 17.2. The van der Waals surface area contributed by atoms with Crippen molar-refractivity contribution in [3.63, 3.8) is 0 Å². The summed E-state index contributed by atoms with van der Waals surface area (Å²) in [6, 6.07) is 42.5. The van der Waals surface area contributed by atoms with Gasteiger partial charge in [0.05, 0.1) is 16.6 Å². The molecule has 0 radical (unpaired) electrons. The van der Waals surface area contributed by atoms with Crippen LogP contribution in [0.3, 0.4) is 0 Å². The maximum absolute atomic E-state index is 15.0. The van der Waals surface area contributed by atoms with Crippen LogP contribution in [0.5, 0.6) is 0 Å². The first kappa shape index (κ1) is 20.2. The van der Waals surface area contributed by atoms with Crippen molar-refractivity contribution in [3.05, 3.63) is 127 Å². The quantitative estimate of drug-likeness (QED) is 0.221. The fourth-order valence-electron chi connectivity index (χ4n) is 5.22. The molecule has 0 bridgehead atoms. The van der Waals surface area contributed by atoms with E-state index in [0.29, 0.717) is 0 Å². The van der Waals surface area contributed by atoms with E-state index in [9.17, 15) is 0 Å². The van der Waals surface area contributed by atoms with Crippen molar-refractivity contribution in [1.29, 1.82) is 0 Å². The van der Waals surface area contributed by atoms with Crippen LogP contribution in [0.15, 0.2) is 127 Å². The van der Waals surface area contributed by atoms with Crippen LogP contribution in [0.1, 0.15) is 0 Å². The third-order valence-electron chi connectivity index (χ3n) is 6.84. The summed E-state index contributed by atoms with van der Waals surface area (Å²) in [5.41, 5.74) is 4.04. The average Bonchev–Trinajstić information content (AvgIpc) is 3.33. The van der Waals surface area contributed by atoms with Crippen LogP contribution in [0.4, 0.5) is 0 Å². The number of pyridine rings is 1. The molecule has 2 aromatic heterocycles. The van der Waals surface area contributed by atoms with Crippen LogP contribution in [0.2, 0.25) is 0 Å². The number of hydrogen-bond donors (Lipinski definition) is 0. The van der Waals surface area contributed by atoms with E-state index in [4.69, 9.17) is 4.98 Å². The summed E-state index contributed by atoms with van der Waals surface area (Å²) in [7, 11) is -3.08. The van der Waals surface area contributed by atoms with Crippen LogP contribution in [-0.4, -0.2) is 9.38 Å². The first-order valence-corrected chi connectivity index (χ1v) is 13.4. The van der Waals surface area contributed by atoms with Gasteiger partial charge in [-0.05, 0) is 35.7 Å². The molecule has 0 aliphatic heterocycles. The van der Waals surface area contributed by atoms with Gasteiger partial charge < -0.3 is 4.57 Å². The molecule has 0 amide bonds. The number of nitrogens with zero attached hydrogens (tertiary/aromatic N) is 2. The summed E-state index contributed by atoms with van der Waals surface area (Å²) in [6.45, 7) is 0. The van der Waals surface area contributed by atoms with Crippen molar-refractivity contribution in [1.82, 2.24) is 9.38 Å². The number of hydrogen-bond acceptors (Lipinski definition) is 2. The second-order valence-corrected chi connectivity index (χ2v) is 11.6. The summed E-state index contributed by atoms with van der Waals surface area (Å²) >= 11 is 0. The highest BCUT2D eigenvalue weighted by atomic mass is 31.2. The molecule has 7 rings (SSSR count). The molecule has 166 valence electrons. The van der Waals surface area contributed by atoms with Gasteiger partial charge >= 0.3 is 0 Å². The maximum atomic E-state index is 15.0. The zero-order valence-electron chi connectivity index (χ0n) is 18.9. The van der Waals surface area contributed by atoms with Crippen molar-refractivity contribution in [2.75, 3.05) is 0 Å². The lowest BCUT2D eigenvalue weighted by molar-refractivity contribution is 0.592. The molecule has 0 atom stereocenters. The van der Waals surface area contributed by atoms with E-state index in [0.717, 1.165) is 54.3 Å². The molecule has 3 nitrogen and oxygen atoms in total. The molecule has 0 unspecified atom stereocenters. The summed E-state index contributed by atoms with van der Waals surface area (Å²) in [4.78, 5) is 4.97. The van der Waals surface area contributed by atoms with E-state index in [2.05, 4.69) is 52.9 Å². The number of benzene rings is 5. The van der Waals surface area contributed by atoms with Crippen LogP contribution in [0.25, 0.3) is 38.4 Å². The van der Waals surface area contributed by atoms with Crippen molar-refractivity contribution >= 4 is 61.4 Å². The van der Waals surface area contributed by atoms with Gasteiger partial charge in [0.15, 0.2) is 7.14 Å². The van der Waals surface area contributed by atoms with E-state index in [1.807, 2.05) is 78.9 Å². The van der Waals surface area contributed by atoms with Gasteiger partial charge in [-0.2, -0.15) is 0 Å². The minimum atomic E-state index is -3.08. The third kappa shape index (κ3) is 2.92. The lowest BCUT2D eigenvalue weighted by atomic mass is 10.1. The van der Waals surface area contributed by atoms with Gasteiger partial charge in [-0.1, -0.05) is 97.1 Å². The Bertz CT molecular complexity index is 1880. The highest BCUT2D eigenvalue weighted by molar-refractivity contribution is 7.85. The Labute approximate surface area is 202 Å². The van der Waals surface area contributed by atoms with Crippen LogP contribution >= 0.6 is 7.14 Å². The van der Waals surface area contributed by atoms with E-state index >= 15 is 4.57 Å². The van der Waals surface area contributed by atoms with Crippen LogP contribution in [0, 0.1) is 0 Å². The van der Waals surface area contributed by atoms with Crippen molar-refractivity contribution in [3.8, 4) is 0 Å². The number of para-hydroxylation sites is 2. The summed E-state index contributed by atoms with van der Waals surface area (Å²) in [5.74, 6) is 0. The fourth-order valence-corrected chi connectivity index (χ4v) is 7.89. The fraction of sp³-hybridized carbons (Fsp3) is 0. The minimum Gasteiger partial charge on any atom is -0.309 e. The molecular weight excluding hydrogens is 447 g/mol. The molecule has 35 heavy (non-hydrogen) atoms. The van der Waals surface area contributed by atoms with E-state index in [-0.39, 0.29) is 0 Å². The third-order valence-corrected chi connectivity index (χ3v) is 9.90. The molecule has 0 N–H and O–H groups in total. The zero-order chi connectivity index (χ0) is 23.4. The molecule has 4 heteroatoms. The summed E-state index contributed by atoms with van der Waals surface area (Å²) < 4.78 is 17.2. The number of rotatable bonds is 3. The van der Waals surface area contributed by atoms with E-state index in [1.54, 1.807) is 0 Å². The van der Waals surface area contributed by atoms with E-state index in [1.165, 1.54) is 0 Å². The van der Waals surface area contributed by atoms with E-state index < -0.39 is 7.14 Å². The molecule has 0 spiro atoms. The molecule has 0 saturated carbocycles. The van der Waals surface area contributed by atoms with Gasteiger partial charge in [0.1, 0.15) is 5.65 Å². The Morgan fingerprint density at radius 1 is 0.514 bits per heavy atom. The molecule has 0 aliphatic rings. The molecule has 2 heterocycles. The predicted molar refractivity (Wildman–Crippen MR) is 147 cm³/mol. The maximum Gasteiger partial charge on any atom is 0.171 e. The van der Waals surface area contributed by atoms with Crippen molar-refractivity contribution < 1.29 is 4.57 Å². The summed E-state index contributed by atoms with van der Waals surface area (Å²) in [5, 5.41) is 5.77. The Balaban J connectivity index is 1.63. The van der Waals surface area contributed by atoms with Gasteiger partial charge in [0.2, 0.25) is 0 Å². The number of imidazole rings is 1. The molecule has 0 aliphatic carbocycles. The smallest absolute Gasteiger partial charge is 0.171 e. The van der Waals surface area contributed by atoms with Gasteiger partial charge in [0.25, 0.3) is 0 Å². The molecule has 0 saturated heterocycles. The first-order valence-electron chi connectivity index (χ1n) is 11.7. The molecule has 5 aromatic carbocycles. The highest BCUT2D eigenvalue weighted by Crippen LogP contribution is 2.43. The zero-order valence-corrected chi connectivity index (χ0v) is 19.8. The topological polar surface area (TPSA) is 34.4 Å². The van der Waals surface area contributed by atoms with Gasteiger partial charge in [0, 0.05) is 26.7 Å². The summed E-state index contributed by atoms with van der Waals surface area (Å²) in [6.07, 6.45) is 0. The number of aromatic nitrogens is 2. The second kappa shape index (κ2) is 7.66. The predicted octanol–water partition coefficient (Wildman–Crippen LogP) is 6.43. The SMILES string of the molecule is O=P(c1ccccc1)(c1ccccc1)c1ccc2c(c1)c1ccccc1c1nc3ccccc3n21. The number of fused-ring (bicyclic) bond motifs is 8. The Hall–Kier alpha value is -4.20. The standard InChI is InChI=1S/C31H21N2OP/c34-35(22-11-3-1-4-12-22,23-13-5-2-6-14-23)24-19-20-29-27(21-24)25-15-7-8-16-26(25)31-32-28-17-9-10-18-30(28)33(29)31/h1-21H. The Morgan fingerprint density at radius 2 is 1.11 bits per heavy atom. The highest BCUT2D eigenvalue weighted by Gasteiger charge is 2.30. The Kier molecular flexibility index (Phi) is 4.42. The van der Waals surface area contributed by atoms with Crippen molar-refractivity contribution in [2.24, 2.45) is 0 Å². The minimum absolute atomic E-state index is 0.830.